The maximum absolute atomic E-state index is 14.1. The summed E-state index contributed by atoms with van der Waals surface area (Å²) >= 11 is 13.8. The Labute approximate surface area is 273 Å². The van der Waals surface area contributed by atoms with Gasteiger partial charge in [-0.2, -0.15) is 0 Å². The first-order chi connectivity index (χ1) is 21.7. The number of esters is 1. The van der Waals surface area contributed by atoms with E-state index in [0.29, 0.717) is 59.2 Å². The molecular weight excluding hydrogens is 639 g/mol. The van der Waals surface area contributed by atoms with Crippen LogP contribution in [0, 0.1) is 0 Å². The zero-order valence-electron chi connectivity index (χ0n) is 25.2. The minimum atomic E-state index is -0.816. The van der Waals surface area contributed by atoms with Crippen molar-refractivity contribution in [2.24, 2.45) is 4.99 Å². The predicted molar refractivity (Wildman–Crippen MR) is 174 cm³/mol. The van der Waals surface area contributed by atoms with Crippen molar-refractivity contribution in [3.63, 3.8) is 0 Å². The number of hydrogen-bond acceptors (Lipinski definition) is 9. The molecule has 4 aromatic rings. The largest absolute Gasteiger partial charge is 0.493 e. The van der Waals surface area contributed by atoms with E-state index in [9.17, 15) is 9.59 Å². The summed E-state index contributed by atoms with van der Waals surface area (Å²) < 4.78 is 29.8. The second-order valence-corrected chi connectivity index (χ2v) is 11.7. The van der Waals surface area contributed by atoms with E-state index in [1.807, 2.05) is 12.1 Å². The Hall–Kier alpha value is -4.25. The number of hydrogen-bond donors (Lipinski definition) is 0. The van der Waals surface area contributed by atoms with Gasteiger partial charge in [-0.05, 0) is 73.0 Å². The van der Waals surface area contributed by atoms with E-state index in [0.717, 1.165) is 5.56 Å². The molecule has 45 heavy (non-hydrogen) atoms. The third-order valence-electron chi connectivity index (χ3n) is 7.09. The molecule has 5 rings (SSSR count). The first-order valence-electron chi connectivity index (χ1n) is 13.8. The lowest BCUT2D eigenvalue weighted by molar-refractivity contribution is -0.139. The van der Waals surface area contributed by atoms with Gasteiger partial charge in [-0.1, -0.05) is 52.7 Å². The van der Waals surface area contributed by atoms with Gasteiger partial charge in [-0.15, -0.1) is 0 Å². The lowest BCUT2D eigenvalue weighted by Crippen LogP contribution is -2.40. The minimum absolute atomic E-state index is 0.167. The molecule has 1 aliphatic heterocycles. The molecule has 0 bridgehead atoms. The van der Waals surface area contributed by atoms with Gasteiger partial charge in [0, 0.05) is 5.02 Å². The van der Waals surface area contributed by atoms with Crippen molar-refractivity contribution in [3.8, 4) is 23.0 Å². The number of halogens is 2. The highest BCUT2D eigenvalue weighted by Crippen LogP contribution is 2.38. The van der Waals surface area contributed by atoms with Crippen molar-refractivity contribution in [1.29, 1.82) is 0 Å². The van der Waals surface area contributed by atoms with E-state index >= 15 is 0 Å². The number of ether oxygens (including phenoxy) is 5. The highest BCUT2D eigenvalue weighted by Gasteiger charge is 2.34. The van der Waals surface area contributed by atoms with Crippen LogP contribution < -0.4 is 33.8 Å². The Morgan fingerprint density at radius 3 is 2.36 bits per heavy atom. The zero-order valence-corrected chi connectivity index (χ0v) is 27.5. The molecule has 0 radical (unpaired) electrons. The van der Waals surface area contributed by atoms with Crippen molar-refractivity contribution in [2.75, 3.05) is 27.9 Å². The fourth-order valence-corrected chi connectivity index (χ4v) is 6.43. The first-order valence-corrected chi connectivity index (χ1v) is 15.4. The zero-order chi connectivity index (χ0) is 32.2. The molecule has 0 aliphatic carbocycles. The molecule has 0 saturated heterocycles. The Morgan fingerprint density at radius 1 is 0.978 bits per heavy atom. The summed E-state index contributed by atoms with van der Waals surface area (Å²) in [6.07, 6.45) is 1.70. The van der Waals surface area contributed by atoms with Crippen molar-refractivity contribution in [1.82, 2.24) is 4.57 Å². The fraction of sp³-hybridized carbons (Fsp3) is 0.242. The van der Waals surface area contributed by atoms with Gasteiger partial charge in [0.1, 0.15) is 6.61 Å². The number of aromatic nitrogens is 1. The Morgan fingerprint density at radius 2 is 1.69 bits per heavy atom. The summed E-state index contributed by atoms with van der Waals surface area (Å²) in [7, 11) is 4.57. The maximum atomic E-state index is 14.1. The van der Waals surface area contributed by atoms with E-state index in [2.05, 4.69) is 4.99 Å². The summed E-state index contributed by atoms with van der Waals surface area (Å²) in [6.45, 7) is 3.87. The monoisotopic (exact) mass is 668 g/mol. The van der Waals surface area contributed by atoms with Crippen LogP contribution in [0.4, 0.5) is 0 Å². The highest BCUT2D eigenvalue weighted by atomic mass is 35.5. The molecule has 0 unspecified atom stereocenters. The summed E-state index contributed by atoms with van der Waals surface area (Å²) in [5, 5.41) is 0.942. The molecule has 3 aromatic carbocycles. The second kappa shape index (κ2) is 13.8. The lowest BCUT2D eigenvalue weighted by atomic mass is 9.95. The van der Waals surface area contributed by atoms with E-state index < -0.39 is 12.0 Å². The van der Waals surface area contributed by atoms with Gasteiger partial charge >= 0.3 is 5.97 Å². The van der Waals surface area contributed by atoms with E-state index in [-0.39, 0.29) is 24.3 Å². The third-order valence-corrected chi connectivity index (χ3v) is 8.60. The summed E-state index contributed by atoms with van der Waals surface area (Å²) in [5.41, 5.74) is 2.52. The van der Waals surface area contributed by atoms with Crippen LogP contribution in [-0.4, -0.2) is 38.5 Å². The van der Waals surface area contributed by atoms with Gasteiger partial charge in [-0.3, -0.25) is 9.36 Å². The number of thiazole rings is 1. The van der Waals surface area contributed by atoms with Gasteiger partial charge in [0.2, 0.25) is 0 Å². The van der Waals surface area contributed by atoms with Gasteiger partial charge < -0.3 is 23.7 Å². The first kappa shape index (κ1) is 32.2. The quantitative estimate of drug-likeness (QED) is 0.200. The van der Waals surface area contributed by atoms with Gasteiger partial charge in [0.05, 0.1) is 54.8 Å². The van der Waals surface area contributed by atoms with E-state index in [4.69, 9.17) is 46.9 Å². The molecule has 1 atom stereocenters. The highest BCUT2D eigenvalue weighted by molar-refractivity contribution is 7.07. The van der Waals surface area contributed by atoms with Crippen molar-refractivity contribution in [2.45, 2.75) is 26.5 Å². The SMILES string of the molecule is CCOC(=O)C1=C(C)N=c2s/c(=C\c3cc(Cl)c(OCc4ccc(Cl)cc4)c(OC)c3)c(=O)n2[C@H]1c1ccc(OC)c(OC)c1. The number of rotatable bonds is 10. The molecule has 0 saturated carbocycles. The summed E-state index contributed by atoms with van der Waals surface area (Å²) in [5.74, 6) is 1.18. The van der Waals surface area contributed by atoms with E-state index in [1.54, 1.807) is 62.4 Å². The molecule has 0 spiro atoms. The molecule has 1 aromatic heterocycles. The van der Waals surface area contributed by atoms with Gasteiger partial charge in [0.15, 0.2) is 27.8 Å². The summed E-state index contributed by atoms with van der Waals surface area (Å²) in [6, 6.07) is 15.2. The molecule has 2 heterocycles. The van der Waals surface area contributed by atoms with Crippen LogP contribution in [0.2, 0.25) is 10.0 Å². The molecule has 0 amide bonds. The summed E-state index contributed by atoms with van der Waals surface area (Å²) in [4.78, 5) is 32.3. The lowest BCUT2D eigenvalue weighted by Gasteiger charge is -2.25. The van der Waals surface area contributed by atoms with Crippen LogP contribution in [0.3, 0.4) is 0 Å². The van der Waals surface area contributed by atoms with Crippen LogP contribution in [-0.2, 0) is 16.1 Å². The third kappa shape index (κ3) is 6.58. The Balaban J connectivity index is 1.59. The van der Waals surface area contributed by atoms with Gasteiger partial charge in [-0.25, -0.2) is 9.79 Å². The fourth-order valence-electron chi connectivity index (χ4n) is 4.98. The van der Waals surface area contributed by atoms with Crippen LogP contribution in [0.25, 0.3) is 6.08 Å². The van der Waals surface area contributed by atoms with Gasteiger partial charge in [0.25, 0.3) is 5.56 Å². The van der Waals surface area contributed by atoms with E-state index in [1.165, 1.54) is 37.2 Å². The van der Waals surface area contributed by atoms with Crippen LogP contribution in [0.5, 0.6) is 23.0 Å². The van der Waals surface area contributed by atoms with Crippen LogP contribution >= 0.6 is 34.5 Å². The molecular formula is C33H30Cl2N2O7S. The number of nitrogens with zero attached hydrogens (tertiary/aromatic N) is 2. The number of carbonyl (C=O) groups excluding carboxylic acids is 1. The minimum Gasteiger partial charge on any atom is -0.493 e. The van der Waals surface area contributed by atoms with Crippen LogP contribution in [0.15, 0.2) is 75.7 Å². The number of carbonyl (C=O) groups is 1. The average Bonchev–Trinajstić information content (AvgIpc) is 3.33. The molecule has 234 valence electrons. The number of allylic oxidation sites excluding steroid dienone is 1. The van der Waals surface area contributed by atoms with Crippen molar-refractivity contribution < 1.29 is 28.5 Å². The molecule has 0 N–H and O–H groups in total. The normalized spacial score (nSPS) is 14.5. The Bertz CT molecular complexity index is 1970. The standard InChI is InChI=1S/C33H30Cl2N2O7S/c1-6-43-32(39)28-18(2)36-33-37(29(28)21-9-12-24(40-3)25(16-21)41-4)31(38)27(45-33)15-20-13-23(35)30(26(14-20)42-5)44-17-19-7-10-22(34)11-8-19/h7-16,29H,6,17H2,1-5H3/b27-15-/t29-/m0/s1. The Kier molecular flexibility index (Phi) is 9.86. The molecule has 0 fully saturated rings. The maximum Gasteiger partial charge on any atom is 0.338 e. The van der Waals surface area contributed by atoms with Crippen molar-refractivity contribution in [3.05, 3.63) is 112 Å². The van der Waals surface area contributed by atoms with Crippen molar-refractivity contribution >= 4 is 46.6 Å². The number of methoxy groups -OCH3 is 3. The molecule has 9 nitrogen and oxygen atoms in total. The molecule has 1 aliphatic rings. The second-order valence-electron chi connectivity index (χ2n) is 9.87. The smallest absolute Gasteiger partial charge is 0.338 e. The van der Waals surface area contributed by atoms with Crippen LogP contribution in [0.1, 0.15) is 36.6 Å². The molecule has 12 heteroatoms. The predicted octanol–water partition coefficient (Wildman–Crippen LogP) is 5.71. The number of benzene rings is 3. The number of fused-ring (bicyclic) bond motifs is 1. The topological polar surface area (TPSA) is 97.6 Å². The average molecular weight is 670 g/mol.